The summed E-state index contributed by atoms with van der Waals surface area (Å²) in [6.45, 7) is -0.0850. The molecule has 0 radical (unpaired) electrons. The van der Waals surface area contributed by atoms with Gasteiger partial charge >= 0.3 is 36.5 Å². The second-order valence-corrected chi connectivity index (χ2v) is 31.6. The molecular weight excluding hydrogens is 1890 g/mol. The number of alkyl halides is 6. The molecule has 4 aromatic carbocycles. The molecule has 12 aromatic rings. The molecule has 4 N–H and O–H groups in total. The molecule has 8 aromatic heterocycles. The average molecular weight is 1960 g/mol. The van der Waals surface area contributed by atoms with Crippen LogP contribution in [0.25, 0.3) is 0 Å². The summed E-state index contributed by atoms with van der Waals surface area (Å²) in [6, 6.07) is 30.2. The molecule has 12 heterocycles. The quantitative estimate of drug-likeness (QED) is 0.0825. The molecule has 4 atom stereocenters. The van der Waals surface area contributed by atoms with Gasteiger partial charge in [0.15, 0.2) is 0 Å². The second kappa shape index (κ2) is 38.9. The van der Waals surface area contributed by atoms with E-state index < -0.39 is 72.0 Å². The van der Waals surface area contributed by atoms with E-state index in [0.29, 0.717) is 69.7 Å². The molecule has 0 saturated carbocycles. The lowest BCUT2D eigenvalue weighted by molar-refractivity contribution is -0.142. The maximum absolute atomic E-state index is 12.9. The number of nitrogens with zero attached hydrogens (tertiary/aromatic N) is 16. The predicted octanol–water partition coefficient (Wildman–Crippen LogP) is 12.5. The van der Waals surface area contributed by atoms with E-state index in [1.54, 1.807) is 138 Å². The highest BCUT2D eigenvalue weighted by molar-refractivity contribution is 9.11. The van der Waals surface area contributed by atoms with Crippen LogP contribution in [0.15, 0.2) is 226 Å². The minimum Gasteiger partial charge on any atom is -0.489 e. The predicted molar refractivity (Wildman–Crippen MR) is 450 cm³/mol. The molecule has 16 rings (SSSR count). The van der Waals surface area contributed by atoms with Crippen molar-refractivity contribution in [3.63, 3.8) is 0 Å². The topological polar surface area (TPSA) is 357 Å². The number of hydrogen-bond donors (Lipinski definition) is 4. The van der Waals surface area contributed by atoms with Gasteiger partial charge in [0, 0.05) is 133 Å². The molecule has 0 spiro atoms. The Morgan fingerprint density at radius 3 is 0.879 bits per heavy atom. The number of benzene rings is 4. The van der Waals surface area contributed by atoms with Crippen molar-refractivity contribution in [1.82, 2.24) is 80.3 Å². The van der Waals surface area contributed by atoms with Gasteiger partial charge in [-0.15, -0.1) is 0 Å². The summed E-state index contributed by atoms with van der Waals surface area (Å²) >= 11 is 13.5. The van der Waals surface area contributed by atoms with E-state index >= 15 is 0 Å². The Hall–Kier alpha value is -13.2. The summed E-state index contributed by atoms with van der Waals surface area (Å²) in [4.78, 5) is 123. The molecular formula is C82H70Br4F6N20O12. The van der Waals surface area contributed by atoms with Crippen molar-refractivity contribution in [2.45, 2.75) is 62.2 Å². The van der Waals surface area contributed by atoms with Crippen molar-refractivity contribution in [3.8, 4) is 23.0 Å². The van der Waals surface area contributed by atoms with Gasteiger partial charge in [-0.3, -0.25) is 29.1 Å². The fraction of sp³-hybridized carbons (Fsp3) is 0.220. The third-order valence-electron chi connectivity index (χ3n) is 19.1. The first-order valence-corrected chi connectivity index (χ1v) is 40.4. The molecule has 32 nitrogen and oxygen atoms in total. The van der Waals surface area contributed by atoms with Crippen molar-refractivity contribution >= 4 is 134 Å². The number of pyridine rings is 4. The highest BCUT2D eigenvalue weighted by atomic mass is 79.9. The third kappa shape index (κ3) is 22.2. The number of halogens is 10. The summed E-state index contributed by atoms with van der Waals surface area (Å²) < 4.78 is 108. The van der Waals surface area contributed by atoms with Crippen molar-refractivity contribution in [1.29, 1.82) is 0 Å². The zero-order valence-corrected chi connectivity index (χ0v) is 71.8. The average Bonchev–Trinajstić information content (AvgIpc) is 1.66. The first-order valence-electron chi connectivity index (χ1n) is 37.3. The molecule has 2 unspecified atom stereocenters. The minimum absolute atomic E-state index is 0.0351. The van der Waals surface area contributed by atoms with Crippen LogP contribution in [0, 0.1) is 0 Å². The number of amides is 8. The lowest BCUT2D eigenvalue weighted by Crippen LogP contribution is -2.50. The molecule has 8 amide bonds. The van der Waals surface area contributed by atoms with Gasteiger partial charge in [0.05, 0.1) is 47.5 Å². The summed E-state index contributed by atoms with van der Waals surface area (Å²) in [6.07, 6.45) is 11.2. The minimum atomic E-state index is -4.55. The maximum atomic E-state index is 12.9. The number of hydrogen-bond acceptors (Lipinski definition) is 20. The van der Waals surface area contributed by atoms with Crippen LogP contribution in [0.5, 0.6) is 23.0 Å². The lowest BCUT2D eigenvalue weighted by Gasteiger charge is -2.20. The van der Waals surface area contributed by atoms with Gasteiger partial charge in [0.25, 0.3) is 23.6 Å². The Morgan fingerprint density at radius 2 is 0.629 bits per heavy atom. The zero-order valence-electron chi connectivity index (χ0n) is 65.4. The number of fused-ring (bicyclic) bond motifs is 4. The smallest absolute Gasteiger partial charge is 0.433 e. The van der Waals surface area contributed by atoms with E-state index in [1.807, 2.05) is 36.4 Å². The fourth-order valence-electron chi connectivity index (χ4n) is 12.8. The van der Waals surface area contributed by atoms with Gasteiger partial charge in [-0.2, -0.15) is 65.5 Å². The van der Waals surface area contributed by atoms with E-state index in [-0.39, 0.29) is 74.3 Å². The molecule has 124 heavy (non-hydrogen) atoms. The first kappa shape index (κ1) is 88.6. The number of rotatable bonds is 12. The van der Waals surface area contributed by atoms with Crippen LogP contribution in [0.2, 0.25) is 0 Å². The number of nitrogens with one attached hydrogen (secondary N) is 4. The second-order valence-electron chi connectivity index (χ2n) is 27.9. The van der Waals surface area contributed by atoms with Crippen molar-refractivity contribution < 1.29 is 83.6 Å². The van der Waals surface area contributed by atoms with Crippen LogP contribution < -0.4 is 59.8 Å². The van der Waals surface area contributed by atoms with E-state index in [0.717, 1.165) is 61.6 Å². The van der Waals surface area contributed by atoms with Crippen molar-refractivity contribution in [2.75, 3.05) is 74.2 Å². The number of ether oxygens (including phenoxy) is 4. The van der Waals surface area contributed by atoms with E-state index in [9.17, 15) is 64.7 Å². The highest BCUT2D eigenvalue weighted by Crippen LogP contribution is 2.38. The number of carbonyl (C=O) groups excluding carboxylic acids is 8. The van der Waals surface area contributed by atoms with E-state index in [2.05, 4.69) is 125 Å². The molecule has 4 aliphatic heterocycles. The van der Waals surface area contributed by atoms with Gasteiger partial charge in [0.1, 0.15) is 85.0 Å². The summed E-state index contributed by atoms with van der Waals surface area (Å²) in [5, 5.41) is 26.7. The number of anilines is 4. The maximum Gasteiger partial charge on any atom is 0.433 e. The SMILES string of the molecule is CN1C(=O)C(NC(=O)n2cc(Cc3cccc(C(F)(F)F)n3)cn2)COc2ccc(Br)cc21.CN1C(=O)C(NC(=O)n2cc(Cc3cccnc3)cn2)COc2ccc(Br)cc21.CN1C(=O)[C@H](NC(=O)n2cc(Cc3cccc(C(F)(F)F)n3)cn2)COc2ccc(Br)cc21.CN1C(=O)[C@H](NC(=O)n2cc(Cc3cccnc3)cn2)COc2ccc(Br)cc21. The number of carbonyl (C=O) groups is 8. The normalized spacial score (nSPS) is 16.0. The van der Waals surface area contributed by atoms with Gasteiger partial charge in [-0.05, 0) is 143 Å². The van der Waals surface area contributed by atoms with Crippen molar-refractivity contribution in [2.24, 2.45) is 0 Å². The largest absolute Gasteiger partial charge is 0.489 e. The van der Waals surface area contributed by atoms with Crippen LogP contribution in [-0.4, -0.2) is 186 Å². The van der Waals surface area contributed by atoms with Crippen LogP contribution in [0.4, 0.5) is 68.3 Å². The molecule has 4 aliphatic rings. The van der Waals surface area contributed by atoms with Crippen LogP contribution >= 0.6 is 63.7 Å². The third-order valence-corrected chi connectivity index (χ3v) is 21.0. The number of likely N-dealkylation sites (N-methyl/N-ethyl adjacent to an activating group) is 4. The molecule has 0 aliphatic carbocycles. The lowest BCUT2D eigenvalue weighted by atomic mass is 10.1. The molecule has 42 heteroatoms. The Bertz CT molecular complexity index is 5610. The Labute approximate surface area is 734 Å². The van der Waals surface area contributed by atoms with Crippen LogP contribution in [-0.2, 0) is 57.2 Å². The van der Waals surface area contributed by atoms with Crippen LogP contribution in [0.1, 0.15) is 56.2 Å². The number of aromatic nitrogens is 12. The van der Waals surface area contributed by atoms with Gasteiger partial charge in [-0.25, -0.2) is 29.1 Å². The van der Waals surface area contributed by atoms with E-state index in [4.69, 9.17) is 18.9 Å². The molecule has 0 bridgehead atoms. The molecule has 0 saturated heterocycles. The Kier molecular flexibility index (Phi) is 27.8. The van der Waals surface area contributed by atoms with Gasteiger partial charge in [0.2, 0.25) is 0 Å². The Morgan fingerprint density at radius 1 is 0.363 bits per heavy atom. The fourth-order valence-corrected chi connectivity index (χ4v) is 14.2. The summed E-state index contributed by atoms with van der Waals surface area (Å²) in [5.41, 5.74) is 5.51. The van der Waals surface area contributed by atoms with Crippen molar-refractivity contribution in [3.05, 3.63) is 282 Å². The summed E-state index contributed by atoms with van der Waals surface area (Å²) in [7, 11) is 6.47. The van der Waals surface area contributed by atoms with Gasteiger partial charge in [-0.1, -0.05) is 88.0 Å². The monoisotopic (exact) mass is 1960 g/mol. The van der Waals surface area contributed by atoms with E-state index in [1.165, 1.54) is 78.0 Å². The van der Waals surface area contributed by atoms with Gasteiger partial charge < -0.3 is 59.8 Å². The zero-order chi connectivity index (χ0) is 88.3. The standard InChI is InChI=1S/2C21H17BrF3N5O3.2C20H18BrN5O3/c2*1-29-16-8-13(22)5-6-17(16)33-11-15(19(29)31)28-20(32)30-10-12(9-26-30)7-14-3-2-4-18(27-14)21(23,24)25;2*1-25-17-8-15(21)4-5-18(17)29-12-16(19(25)27)24-20(28)26-11-14(10-23-26)7-13-3-2-6-22-9-13/h2*2-6,8-10,15H,7,11H2,1H3,(H,28,32);2*2-6,8-11,16H,7,12H2,1H3,(H,24,28)/t15-;;16-;/m1.1./s1. The molecule has 640 valence electrons. The first-order chi connectivity index (χ1) is 59.2. The Balaban J connectivity index is 0.000000142. The van der Waals surface area contributed by atoms with Crippen LogP contribution in [0.3, 0.4) is 0 Å². The summed E-state index contributed by atoms with van der Waals surface area (Å²) in [5.74, 6) is 0.885. The molecule has 0 fully saturated rings. The highest BCUT2D eigenvalue weighted by Gasteiger charge is 2.38.